The molecule has 0 radical (unpaired) electrons. The van der Waals surface area contributed by atoms with Crippen molar-refractivity contribution in [1.29, 1.82) is 0 Å². The van der Waals surface area contributed by atoms with Gasteiger partial charge in [0.1, 0.15) is 0 Å². The van der Waals surface area contributed by atoms with Gasteiger partial charge >= 0.3 is 0 Å². The maximum atomic E-state index is 10.2. The van der Waals surface area contributed by atoms with Crippen LogP contribution in [0.2, 0.25) is 0 Å². The Hall–Kier alpha value is -0.180. The van der Waals surface area contributed by atoms with Gasteiger partial charge in [-0.15, -0.1) is 0 Å². The highest BCUT2D eigenvalue weighted by atomic mass is 32.2. The first-order valence-electron chi connectivity index (χ1n) is 1.57. The number of rotatable bonds is 1. The van der Waals surface area contributed by atoms with E-state index in [2.05, 4.69) is 0 Å². The molecule has 0 rings (SSSR count). The van der Waals surface area contributed by atoms with Crippen molar-refractivity contribution in [3.63, 3.8) is 0 Å². The Morgan fingerprint density at radius 2 is 1.67 bits per heavy atom. The third-order valence-corrected chi connectivity index (χ3v) is 0.762. The molecule has 6 heavy (non-hydrogen) atoms. The molecule has 0 aliphatic carbocycles. The van der Waals surface area contributed by atoms with Gasteiger partial charge in [-0.1, -0.05) is 9.93 Å². The molecule has 0 fully saturated rings. The van der Waals surface area contributed by atoms with E-state index < -0.39 is 9.93 Å². The van der Waals surface area contributed by atoms with Gasteiger partial charge in [0.2, 0.25) is 0 Å². The summed E-state index contributed by atoms with van der Waals surface area (Å²) in [6.07, 6.45) is 2.86. The minimum atomic E-state index is -2.33. The molecule has 0 atom stereocenters. The average molecular weight is 108 g/mol. The van der Waals surface area contributed by atoms with E-state index in [0.717, 1.165) is 0 Å². The van der Waals surface area contributed by atoms with Gasteiger partial charge in [-0.05, 0) is 12.5 Å². The normalized spacial score (nSPS) is 13.7. The molecule has 0 spiro atoms. The third-order valence-electron chi connectivity index (χ3n) is 0.254. The Morgan fingerprint density at radius 1 is 1.50 bits per heavy atom. The summed E-state index contributed by atoms with van der Waals surface area (Å²) in [5.41, 5.74) is 0.493. The molecule has 0 saturated heterocycles. The lowest BCUT2D eigenvalue weighted by Gasteiger charge is -1.94. The highest BCUT2D eigenvalue weighted by Gasteiger charge is 1.90. The van der Waals surface area contributed by atoms with Gasteiger partial charge in [0.15, 0.2) is 5.62 Å². The maximum absolute atomic E-state index is 10.2. The SMILES string of the molecule is C[SH](C)(=O)C=O. The molecule has 0 heterocycles. The zero-order chi connectivity index (χ0) is 5.21. The Bertz CT molecular complexity index is 91.0. The predicted octanol–water partition coefficient (Wildman–Crippen LogP) is -0.547. The summed E-state index contributed by atoms with van der Waals surface area (Å²) >= 11 is 0. The van der Waals surface area contributed by atoms with Gasteiger partial charge in [0.05, 0.1) is 0 Å². The van der Waals surface area contributed by atoms with Crippen LogP contribution in [0, 0.1) is 0 Å². The van der Waals surface area contributed by atoms with Crippen LogP contribution in [-0.4, -0.2) is 22.3 Å². The topological polar surface area (TPSA) is 34.1 Å². The first kappa shape index (κ1) is 5.82. The van der Waals surface area contributed by atoms with E-state index in [1.54, 1.807) is 0 Å². The van der Waals surface area contributed by atoms with E-state index >= 15 is 0 Å². The van der Waals surface area contributed by atoms with Crippen LogP contribution in [0.4, 0.5) is 0 Å². The van der Waals surface area contributed by atoms with Crippen LogP contribution in [0.15, 0.2) is 0 Å². The van der Waals surface area contributed by atoms with E-state index in [1.807, 2.05) is 0 Å². The van der Waals surface area contributed by atoms with Gasteiger partial charge in [0, 0.05) is 0 Å². The van der Waals surface area contributed by atoms with E-state index in [9.17, 15) is 9.00 Å². The standard InChI is InChI=1S/C3H8O2S/c1-6(2,5)3-4/h3,6H,1-2H3. The molecular formula is C3H8O2S. The fourth-order valence-corrected chi connectivity index (χ4v) is 0. The summed E-state index contributed by atoms with van der Waals surface area (Å²) in [5, 5.41) is 0. The Kier molecular flexibility index (Phi) is 1.47. The Balaban J connectivity index is 3.81. The minimum absolute atomic E-state index is 0.493. The minimum Gasteiger partial charge on any atom is -0.290 e. The predicted molar refractivity (Wildman–Crippen MR) is 28.1 cm³/mol. The number of carbonyl (C=O) groups excluding carboxylic acids is 1. The molecule has 0 saturated carbocycles. The van der Waals surface area contributed by atoms with E-state index in [0.29, 0.717) is 5.62 Å². The fraction of sp³-hybridized carbons (Fsp3) is 0.667. The van der Waals surface area contributed by atoms with Crippen molar-refractivity contribution in [3.8, 4) is 0 Å². The zero-order valence-electron chi connectivity index (χ0n) is 3.84. The molecule has 0 aromatic heterocycles. The van der Waals surface area contributed by atoms with Crippen molar-refractivity contribution in [3.05, 3.63) is 0 Å². The van der Waals surface area contributed by atoms with E-state index in [-0.39, 0.29) is 0 Å². The zero-order valence-corrected chi connectivity index (χ0v) is 4.74. The van der Waals surface area contributed by atoms with Gasteiger partial charge in [0.25, 0.3) is 0 Å². The highest BCUT2D eigenvalue weighted by Crippen LogP contribution is 1.79. The van der Waals surface area contributed by atoms with Crippen LogP contribution >= 0.6 is 0 Å². The van der Waals surface area contributed by atoms with Crippen molar-refractivity contribution in [2.75, 3.05) is 12.5 Å². The smallest absolute Gasteiger partial charge is 0.182 e. The van der Waals surface area contributed by atoms with Crippen molar-refractivity contribution in [2.45, 2.75) is 0 Å². The fourth-order valence-electron chi connectivity index (χ4n) is 0. The van der Waals surface area contributed by atoms with Gasteiger partial charge in [-0.2, -0.15) is 0 Å². The van der Waals surface area contributed by atoms with E-state index in [1.165, 1.54) is 12.5 Å². The second kappa shape index (κ2) is 1.51. The summed E-state index contributed by atoms with van der Waals surface area (Å²) in [6, 6.07) is 0. The maximum Gasteiger partial charge on any atom is 0.182 e. The van der Waals surface area contributed by atoms with Crippen LogP contribution in [0.25, 0.3) is 0 Å². The molecule has 3 heteroatoms. The van der Waals surface area contributed by atoms with Gasteiger partial charge in [-0.3, -0.25) is 9.00 Å². The molecule has 38 valence electrons. The summed E-state index contributed by atoms with van der Waals surface area (Å²) < 4.78 is 10.2. The molecular weight excluding hydrogens is 100 g/mol. The quantitative estimate of drug-likeness (QED) is 0.361. The molecule has 0 N–H and O–H groups in total. The molecule has 0 aliphatic heterocycles. The first-order chi connectivity index (χ1) is 2.56. The van der Waals surface area contributed by atoms with Crippen LogP contribution in [-0.2, 0) is 14.7 Å². The van der Waals surface area contributed by atoms with Crippen molar-refractivity contribution >= 4 is 15.6 Å². The number of thiol groups is 1. The van der Waals surface area contributed by atoms with Crippen LogP contribution in [0.3, 0.4) is 0 Å². The molecule has 0 unspecified atom stereocenters. The molecule has 0 aromatic rings. The van der Waals surface area contributed by atoms with Crippen molar-refractivity contribution < 1.29 is 9.00 Å². The van der Waals surface area contributed by atoms with Crippen molar-refractivity contribution in [1.82, 2.24) is 0 Å². The summed E-state index contributed by atoms with van der Waals surface area (Å²) in [5.74, 6) is 0. The summed E-state index contributed by atoms with van der Waals surface area (Å²) in [4.78, 5) is 9.56. The lowest BCUT2D eigenvalue weighted by molar-refractivity contribution is 0.566. The van der Waals surface area contributed by atoms with Gasteiger partial charge in [-0.25, -0.2) is 0 Å². The highest BCUT2D eigenvalue weighted by molar-refractivity contribution is 8.13. The van der Waals surface area contributed by atoms with Crippen LogP contribution in [0.5, 0.6) is 0 Å². The molecule has 0 amide bonds. The molecule has 0 bridgehead atoms. The van der Waals surface area contributed by atoms with Crippen molar-refractivity contribution in [2.24, 2.45) is 0 Å². The molecule has 0 aliphatic rings. The second-order valence-electron chi connectivity index (χ2n) is 1.54. The van der Waals surface area contributed by atoms with Gasteiger partial charge < -0.3 is 0 Å². The Labute approximate surface area is 38.0 Å². The van der Waals surface area contributed by atoms with Crippen LogP contribution < -0.4 is 0 Å². The largest absolute Gasteiger partial charge is 0.290 e. The second-order valence-corrected chi connectivity index (χ2v) is 4.62. The third kappa shape index (κ3) is 3.82. The van der Waals surface area contributed by atoms with Crippen LogP contribution in [0.1, 0.15) is 0 Å². The number of carbonyl (C=O) groups is 1. The number of hydrogen-bond donors (Lipinski definition) is 1. The average Bonchev–Trinajstić information content (AvgIpc) is 1.35. The monoisotopic (exact) mass is 108 g/mol. The molecule has 0 aromatic carbocycles. The summed E-state index contributed by atoms with van der Waals surface area (Å²) in [7, 11) is -2.33. The summed E-state index contributed by atoms with van der Waals surface area (Å²) in [6.45, 7) is 0. The first-order valence-corrected chi connectivity index (χ1v) is 4.24. The Morgan fingerprint density at radius 3 is 1.67 bits per heavy atom. The lowest BCUT2D eigenvalue weighted by Crippen LogP contribution is -2.04. The number of hydrogen-bond acceptors (Lipinski definition) is 2. The lowest BCUT2D eigenvalue weighted by atomic mass is 11.8. The van der Waals surface area contributed by atoms with E-state index in [4.69, 9.17) is 0 Å². The molecule has 2 nitrogen and oxygen atoms in total.